The predicted octanol–water partition coefficient (Wildman–Crippen LogP) is 13.6. The fourth-order valence-electron chi connectivity index (χ4n) is 7.79. The molecule has 0 aliphatic rings. The van der Waals surface area contributed by atoms with Crippen molar-refractivity contribution >= 4 is 93.7 Å². The fraction of sp³-hybridized carbons (Fsp3) is 0.807. The van der Waals surface area contributed by atoms with E-state index in [1.54, 1.807) is 26.8 Å². The Morgan fingerprint density at radius 2 is 0.699 bits per heavy atom. The summed E-state index contributed by atoms with van der Waals surface area (Å²) in [7, 11) is -13.0. The lowest BCUT2D eigenvalue weighted by atomic mass is 10.4. The van der Waals surface area contributed by atoms with Gasteiger partial charge >= 0.3 is 26.5 Å². The first-order chi connectivity index (χ1) is 37.8. The van der Waals surface area contributed by atoms with E-state index in [2.05, 4.69) is 157 Å². The Kier molecular flexibility index (Phi) is 53.2. The van der Waals surface area contributed by atoms with E-state index in [1.807, 2.05) is 0 Å². The van der Waals surface area contributed by atoms with Crippen molar-refractivity contribution in [2.75, 3.05) is 86.4 Å². The monoisotopic (exact) mass is 1340 g/mol. The van der Waals surface area contributed by atoms with Gasteiger partial charge in [-0.15, -0.1) is 6.58 Å². The van der Waals surface area contributed by atoms with E-state index in [-0.39, 0.29) is 44.3 Å². The number of carbonyl (C=O) groups excluding carboxylic acids is 3. The summed E-state index contributed by atoms with van der Waals surface area (Å²) in [5.41, 5.74) is 1.22. The van der Waals surface area contributed by atoms with E-state index >= 15 is 0 Å². The topological polar surface area (TPSA) is 202 Å². The minimum atomic E-state index is -1.91. The highest BCUT2D eigenvalue weighted by atomic mass is 28.5. The zero-order chi connectivity index (χ0) is 65.8. The van der Waals surface area contributed by atoms with E-state index in [4.69, 9.17) is 63.9 Å². The number of esters is 3. The van der Waals surface area contributed by atoms with Crippen LogP contribution in [0.25, 0.3) is 0 Å². The molecule has 0 heterocycles. The molecule has 0 fully saturated rings. The summed E-state index contributed by atoms with van der Waals surface area (Å²) < 4.78 is 68.2. The lowest BCUT2D eigenvalue weighted by molar-refractivity contribution is -0.141. The van der Waals surface area contributed by atoms with Gasteiger partial charge < -0.3 is 63.9 Å². The molecule has 17 nitrogen and oxygen atoms in total. The SMILES string of the molecule is C=C(C)C(=O)OCCOCCC[Si](C)(C)O[Si](C)(C)CCCO.C=C(C)C(=O)OCCOCCC[Si](C)(C)O[Si](C)(C)CCCO[Si](C)(C)C.C=CCOCCOC(=O)C(=C)C.CO.C[SiH](C)O[Si](C)(C)O[Si](C)(C)CCCO[Si](C)(C)C. The third-order valence-corrected chi connectivity index (χ3v) is 37.9. The van der Waals surface area contributed by atoms with Crippen LogP contribution in [0, 0.1) is 0 Å². The molecule has 26 heteroatoms. The highest BCUT2D eigenvalue weighted by Gasteiger charge is 2.36. The van der Waals surface area contributed by atoms with Crippen LogP contribution in [0.2, 0.25) is 161 Å². The molecule has 0 unspecified atom stereocenters. The molecule has 0 bridgehead atoms. The van der Waals surface area contributed by atoms with Gasteiger partial charge in [-0.25, -0.2) is 14.4 Å². The van der Waals surface area contributed by atoms with Gasteiger partial charge in [-0.2, -0.15) is 0 Å². The second kappa shape index (κ2) is 48.8. The Labute approximate surface area is 518 Å². The first kappa shape index (κ1) is 90.6. The van der Waals surface area contributed by atoms with Crippen LogP contribution in [0.5, 0.6) is 0 Å². The average Bonchev–Trinajstić information content (AvgIpc) is 3.31. The molecule has 0 aromatic rings. The molecule has 494 valence electrons. The molecule has 0 spiro atoms. The summed E-state index contributed by atoms with van der Waals surface area (Å²) in [6, 6.07) is 5.45. The smallest absolute Gasteiger partial charge is 0.333 e. The van der Waals surface area contributed by atoms with E-state index in [1.165, 1.54) is 0 Å². The van der Waals surface area contributed by atoms with Gasteiger partial charge in [-0.3, -0.25) is 0 Å². The van der Waals surface area contributed by atoms with Crippen molar-refractivity contribution in [3.63, 3.8) is 0 Å². The summed E-state index contributed by atoms with van der Waals surface area (Å²) >= 11 is 0. The van der Waals surface area contributed by atoms with Gasteiger partial charge in [0.15, 0.2) is 67.3 Å². The number of aliphatic hydroxyl groups excluding tert-OH is 2. The number of carbonyl (C=O) groups is 3. The first-order valence-corrected chi connectivity index (χ1v) is 57.8. The second-order valence-corrected chi connectivity index (χ2v) is 63.6. The number of ether oxygens (including phenoxy) is 6. The minimum Gasteiger partial charge on any atom is -0.460 e. The molecule has 0 saturated carbocycles. The standard InChI is InChI=1S/C19H42O5Si3.C16H34O5Si2.C12H34O3Si4.C9H14O3.CH4O/c1-18(2)19(20)22-15-14-21-12-10-16-26(6,7)24-27(8,9)17-11-13-23-25(3,4)5;1-15(2)16(18)20-12-11-19-10-8-14-23(5,6)21-22(3,4)13-7-9-17;1-16(2)14-19(8,9)15-18(6,7)12-10-11-13-17(3,4)5;1-4-5-11-6-7-12-9(10)8(2)3;1-2/h1,10-17H2,2-9H3;17H,1,7-14H2,2-6H3;16H,10-12H2,1-9H3;4H,1-2,5-7H2,3H3;2H,1H3. The number of aliphatic hydroxyl groups is 2. The van der Waals surface area contributed by atoms with Crippen molar-refractivity contribution in [3.8, 4) is 0 Å². The molecular weight excluding hydrogens is 1210 g/mol. The molecule has 0 atom stereocenters. The second-order valence-electron chi connectivity index (χ2n) is 26.2. The molecule has 2 N–H and O–H groups in total. The zero-order valence-corrected chi connectivity index (χ0v) is 66.7. The molecule has 0 radical (unpaired) electrons. The van der Waals surface area contributed by atoms with Gasteiger partial charge in [0.2, 0.25) is 0 Å². The Hall–Kier alpha value is -1.12. The van der Waals surface area contributed by atoms with Gasteiger partial charge in [0.1, 0.15) is 19.8 Å². The highest BCUT2D eigenvalue weighted by Crippen LogP contribution is 2.26. The van der Waals surface area contributed by atoms with Crippen molar-refractivity contribution in [1.82, 2.24) is 0 Å². The minimum absolute atomic E-state index is 0.242. The van der Waals surface area contributed by atoms with Crippen molar-refractivity contribution in [3.05, 3.63) is 49.1 Å². The average molecular weight is 1340 g/mol. The maximum Gasteiger partial charge on any atom is 0.333 e. The lowest BCUT2D eigenvalue weighted by Crippen LogP contribution is -2.48. The van der Waals surface area contributed by atoms with E-state index in [0.717, 1.165) is 82.6 Å². The highest BCUT2D eigenvalue weighted by molar-refractivity contribution is 6.86. The van der Waals surface area contributed by atoms with Crippen LogP contribution in [-0.4, -0.2) is 190 Å². The number of rotatable bonds is 43. The zero-order valence-electron chi connectivity index (χ0n) is 57.6. The van der Waals surface area contributed by atoms with Gasteiger partial charge in [0.25, 0.3) is 0 Å². The molecule has 0 rings (SSSR count). The van der Waals surface area contributed by atoms with Gasteiger partial charge in [-0.05, 0) is 214 Å². The molecule has 0 aromatic heterocycles. The molecular formula is C57H128O17Si9. The van der Waals surface area contributed by atoms with Crippen LogP contribution < -0.4 is 0 Å². The van der Waals surface area contributed by atoms with Gasteiger partial charge in [0.05, 0.1) is 26.4 Å². The Balaban J connectivity index is -0.000000333. The fourth-order valence-corrected chi connectivity index (χ4v) is 38.8. The Morgan fingerprint density at radius 1 is 0.422 bits per heavy atom. The molecule has 0 amide bonds. The van der Waals surface area contributed by atoms with Crippen LogP contribution in [0.15, 0.2) is 49.1 Å². The Morgan fingerprint density at radius 3 is 0.964 bits per heavy atom. The molecule has 0 aliphatic carbocycles. The summed E-state index contributed by atoms with van der Waals surface area (Å²) in [6.45, 7) is 69.7. The van der Waals surface area contributed by atoms with E-state index in [9.17, 15) is 14.4 Å². The maximum absolute atomic E-state index is 11.2. The maximum atomic E-state index is 11.2. The summed E-state index contributed by atoms with van der Waals surface area (Å²) in [5, 5.41) is 16.0. The molecule has 0 saturated heterocycles. The third-order valence-electron chi connectivity index (χ3n) is 10.8. The van der Waals surface area contributed by atoms with Crippen LogP contribution >= 0.6 is 0 Å². The van der Waals surface area contributed by atoms with Crippen molar-refractivity contribution in [1.29, 1.82) is 0 Å². The van der Waals surface area contributed by atoms with Crippen LogP contribution in [0.3, 0.4) is 0 Å². The first-order valence-electron chi connectivity index (χ1n) is 29.8. The third kappa shape index (κ3) is 68.2. The molecule has 0 aliphatic heterocycles. The lowest BCUT2D eigenvalue weighted by Gasteiger charge is -2.35. The largest absolute Gasteiger partial charge is 0.460 e. The van der Waals surface area contributed by atoms with Crippen molar-refractivity contribution in [2.45, 2.75) is 214 Å². The van der Waals surface area contributed by atoms with Crippen LogP contribution in [0.4, 0.5) is 0 Å². The van der Waals surface area contributed by atoms with Crippen LogP contribution in [-0.2, 0) is 68.1 Å². The molecule has 83 heavy (non-hydrogen) atoms. The van der Waals surface area contributed by atoms with Gasteiger partial charge in [-0.1, -0.05) is 25.8 Å². The van der Waals surface area contributed by atoms with Gasteiger partial charge in [0, 0.05) is 56.9 Å². The molecule has 0 aromatic carbocycles. The summed E-state index contributed by atoms with van der Waals surface area (Å²) in [6.07, 6.45) is 6.62. The predicted molar refractivity (Wildman–Crippen MR) is 369 cm³/mol. The van der Waals surface area contributed by atoms with E-state index < -0.39 is 75.8 Å². The summed E-state index contributed by atoms with van der Waals surface area (Å²) in [4.78, 5) is 33.2. The number of hydrogen-bond donors (Lipinski definition) is 2. The summed E-state index contributed by atoms with van der Waals surface area (Å²) in [5.74, 6) is -1.11. The van der Waals surface area contributed by atoms with Crippen molar-refractivity contribution < 1.29 is 78.3 Å². The van der Waals surface area contributed by atoms with Crippen molar-refractivity contribution in [2.24, 2.45) is 0 Å². The van der Waals surface area contributed by atoms with E-state index in [0.29, 0.717) is 56.4 Å². The quantitative estimate of drug-likeness (QED) is 0.0146. The number of hydrogen-bond acceptors (Lipinski definition) is 17. The normalized spacial score (nSPS) is 12.2. The van der Waals surface area contributed by atoms with Crippen LogP contribution in [0.1, 0.15) is 52.9 Å². The Bertz CT molecular complexity index is 1750.